The highest BCUT2D eigenvalue weighted by Gasteiger charge is 2.24. The lowest BCUT2D eigenvalue weighted by Gasteiger charge is -2.28. The molecule has 116 valence electrons. The van der Waals surface area contributed by atoms with Gasteiger partial charge in [0.05, 0.1) is 12.1 Å². The number of aromatic nitrogens is 2. The molecule has 3 N–H and O–H groups in total. The Hall–Kier alpha value is -1.69. The second-order valence-corrected chi connectivity index (χ2v) is 5.74. The number of amides is 1. The van der Waals surface area contributed by atoms with E-state index >= 15 is 0 Å². The summed E-state index contributed by atoms with van der Waals surface area (Å²) in [5.74, 6) is 0.455. The van der Waals surface area contributed by atoms with Crippen LogP contribution < -0.4 is 10.9 Å². The molecule has 0 bridgehead atoms. The predicted octanol–water partition coefficient (Wildman–Crippen LogP) is 0.739. The smallest absolute Gasteiger partial charge is 0.254 e. The van der Waals surface area contributed by atoms with Crippen molar-refractivity contribution >= 4 is 5.91 Å². The van der Waals surface area contributed by atoms with E-state index in [1.165, 1.54) is 0 Å². The first-order valence-electron chi connectivity index (χ1n) is 7.51. The minimum Gasteiger partial charge on any atom is -0.391 e. The van der Waals surface area contributed by atoms with Gasteiger partial charge in [0.1, 0.15) is 5.82 Å². The van der Waals surface area contributed by atoms with Gasteiger partial charge in [-0.3, -0.25) is 9.59 Å². The highest BCUT2D eigenvalue weighted by molar-refractivity contribution is 5.76. The highest BCUT2D eigenvalue weighted by atomic mass is 16.3. The van der Waals surface area contributed by atoms with Gasteiger partial charge in [-0.05, 0) is 33.1 Å². The molecular formula is C15H23N3O3. The van der Waals surface area contributed by atoms with Crippen molar-refractivity contribution in [2.45, 2.75) is 64.5 Å². The van der Waals surface area contributed by atoms with Crippen LogP contribution in [0.3, 0.4) is 0 Å². The van der Waals surface area contributed by atoms with E-state index < -0.39 is 6.10 Å². The van der Waals surface area contributed by atoms with Gasteiger partial charge in [-0.25, -0.2) is 4.98 Å². The molecule has 0 saturated heterocycles. The summed E-state index contributed by atoms with van der Waals surface area (Å²) in [6.45, 7) is 3.51. The number of carbonyl (C=O) groups excluding carboxylic acids is 1. The number of hydrogen-bond acceptors (Lipinski definition) is 4. The van der Waals surface area contributed by atoms with Crippen molar-refractivity contribution in [2.24, 2.45) is 0 Å². The zero-order chi connectivity index (χ0) is 15.4. The summed E-state index contributed by atoms with van der Waals surface area (Å²) in [7, 11) is 0. The van der Waals surface area contributed by atoms with E-state index in [2.05, 4.69) is 15.3 Å². The largest absolute Gasteiger partial charge is 0.391 e. The van der Waals surface area contributed by atoms with Crippen molar-refractivity contribution in [3.05, 3.63) is 27.4 Å². The topological polar surface area (TPSA) is 95.1 Å². The van der Waals surface area contributed by atoms with Gasteiger partial charge < -0.3 is 15.4 Å². The SMILES string of the molecule is Cc1nc(C)c(CCC(=O)NC2CCCCC2O)c(=O)[nH]1. The maximum absolute atomic E-state index is 12.0. The van der Waals surface area contributed by atoms with Crippen molar-refractivity contribution in [3.63, 3.8) is 0 Å². The average molecular weight is 293 g/mol. The molecule has 6 heteroatoms. The maximum atomic E-state index is 12.0. The molecule has 0 aliphatic heterocycles. The second-order valence-electron chi connectivity index (χ2n) is 5.74. The van der Waals surface area contributed by atoms with Crippen LogP contribution in [-0.2, 0) is 11.2 Å². The van der Waals surface area contributed by atoms with E-state index in [1.807, 2.05) is 0 Å². The first-order chi connectivity index (χ1) is 9.97. The van der Waals surface area contributed by atoms with Gasteiger partial charge in [-0.2, -0.15) is 0 Å². The monoisotopic (exact) mass is 293 g/mol. The third-order valence-electron chi connectivity index (χ3n) is 4.02. The van der Waals surface area contributed by atoms with Crippen molar-refractivity contribution in [1.82, 2.24) is 15.3 Å². The maximum Gasteiger partial charge on any atom is 0.254 e. The number of carbonyl (C=O) groups is 1. The standard InChI is InChI=1S/C15H23N3O3/c1-9-11(15(21)17-10(2)16-9)7-8-14(20)18-12-5-3-4-6-13(12)19/h12-13,19H,3-8H2,1-2H3,(H,18,20)(H,16,17,21). The molecule has 1 aliphatic carbocycles. The van der Waals surface area contributed by atoms with Crippen molar-refractivity contribution in [3.8, 4) is 0 Å². The minimum atomic E-state index is -0.450. The van der Waals surface area contributed by atoms with Gasteiger partial charge in [0.2, 0.25) is 5.91 Å². The quantitative estimate of drug-likeness (QED) is 0.763. The lowest BCUT2D eigenvalue weighted by molar-refractivity contribution is -0.123. The van der Waals surface area contributed by atoms with Crippen molar-refractivity contribution in [1.29, 1.82) is 0 Å². The van der Waals surface area contributed by atoms with E-state index in [0.717, 1.165) is 25.7 Å². The zero-order valence-electron chi connectivity index (χ0n) is 12.6. The molecule has 1 aromatic rings. The molecule has 1 aromatic heterocycles. The van der Waals surface area contributed by atoms with Crippen LogP contribution >= 0.6 is 0 Å². The Morgan fingerprint density at radius 1 is 1.38 bits per heavy atom. The van der Waals surface area contributed by atoms with Crippen LogP contribution in [0.4, 0.5) is 0 Å². The summed E-state index contributed by atoms with van der Waals surface area (Å²) in [5, 5.41) is 12.7. The summed E-state index contributed by atoms with van der Waals surface area (Å²) < 4.78 is 0. The number of aryl methyl sites for hydroxylation is 2. The average Bonchev–Trinajstić information content (AvgIpc) is 2.40. The van der Waals surface area contributed by atoms with Crippen molar-refractivity contribution in [2.75, 3.05) is 0 Å². The zero-order valence-corrected chi connectivity index (χ0v) is 12.6. The number of H-pyrrole nitrogens is 1. The van der Waals surface area contributed by atoms with Crippen molar-refractivity contribution < 1.29 is 9.90 Å². The molecule has 1 saturated carbocycles. The Labute approximate surface area is 124 Å². The molecule has 6 nitrogen and oxygen atoms in total. The Morgan fingerprint density at radius 3 is 2.76 bits per heavy atom. The second kappa shape index (κ2) is 6.85. The number of aliphatic hydroxyl groups is 1. The molecular weight excluding hydrogens is 270 g/mol. The van der Waals surface area contributed by atoms with Gasteiger partial charge in [0.25, 0.3) is 5.56 Å². The Kier molecular flexibility index (Phi) is 5.12. The number of aliphatic hydroxyl groups excluding tert-OH is 1. The highest BCUT2D eigenvalue weighted by Crippen LogP contribution is 2.18. The van der Waals surface area contributed by atoms with Gasteiger partial charge in [-0.1, -0.05) is 12.8 Å². The number of aromatic amines is 1. The van der Waals surface area contributed by atoms with Gasteiger partial charge in [-0.15, -0.1) is 0 Å². The molecule has 2 rings (SSSR count). The number of hydrogen-bond donors (Lipinski definition) is 3. The fraction of sp³-hybridized carbons (Fsp3) is 0.667. The van der Waals surface area contributed by atoms with Crippen LogP contribution in [-0.4, -0.2) is 33.1 Å². The van der Waals surface area contributed by atoms with E-state index in [-0.39, 0.29) is 23.9 Å². The molecule has 0 aromatic carbocycles. The first kappa shape index (κ1) is 15.7. The molecule has 1 aliphatic rings. The van der Waals surface area contributed by atoms with Crippen LogP contribution in [0, 0.1) is 13.8 Å². The molecule has 0 spiro atoms. The summed E-state index contributed by atoms with van der Waals surface area (Å²) in [5.41, 5.74) is 1.05. The number of nitrogens with one attached hydrogen (secondary N) is 2. The lowest BCUT2D eigenvalue weighted by atomic mass is 9.92. The van der Waals surface area contributed by atoms with E-state index in [4.69, 9.17) is 0 Å². The van der Waals surface area contributed by atoms with Gasteiger partial charge >= 0.3 is 0 Å². The van der Waals surface area contributed by atoms with Gasteiger partial charge in [0, 0.05) is 17.7 Å². The van der Waals surface area contributed by atoms with Gasteiger partial charge in [0.15, 0.2) is 0 Å². The minimum absolute atomic E-state index is 0.125. The third-order valence-corrected chi connectivity index (χ3v) is 4.02. The fourth-order valence-electron chi connectivity index (χ4n) is 2.84. The Balaban J connectivity index is 1.91. The molecule has 21 heavy (non-hydrogen) atoms. The molecule has 1 heterocycles. The predicted molar refractivity (Wildman–Crippen MR) is 79.1 cm³/mol. The van der Waals surface area contributed by atoms with Crippen LogP contribution in [0.5, 0.6) is 0 Å². The molecule has 1 fully saturated rings. The molecule has 2 atom stereocenters. The van der Waals surface area contributed by atoms with Crippen LogP contribution in [0.15, 0.2) is 4.79 Å². The van der Waals surface area contributed by atoms with E-state index in [0.29, 0.717) is 23.5 Å². The molecule has 1 amide bonds. The Bertz CT molecular complexity index is 568. The number of rotatable bonds is 4. The fourth-order valence-corrected chi connectivity index (χ4v) is 2.84. The lowest BCUT2D eigenvalue weighted by Crippen LogP contribution is -2.45. The van der Waals surface area contributed by atoms with E-state index in [9.17, 15) is 14.7 Å². The summed E-state index contributed by atoms with van der Waals surface area (Å²) in [6, 6.07) is -0.151. The Morgan fingerprint density at radius 2 is 2.10 bits per heavy atom. The first-order valence-corrected chi connectivity index (χ1v) is 7.51. The van der Waals surface area contributed by atoms with Crippen LogP contribution in [0.1, 0.15) is 49.2 Å². The molecule has 2 unspecified atom stereocenters. The normalized spacial score (nSPS) is 22.0. The van der Waals surface area contributed by atoms with E-state index in [1.54, 1.807) is 13.8 Å². The summed E-state index contributed by atoms with van der Waals surface area (Å²) >= 11 is 0. The van der Waals surface area contributed by atoms with Crippen LogP contribution in [0.2, 0.25) is 0 Å². The number of nitrogens with zero attached hydrogens (tertiary/aromatic N) is 1. The molecule has 0 radical (unpaired) electrons. The summed E-state index contributed by atoms with van der Waals surface area (Å²) in [4.78, 5) is 30.7. The van der Waals surface area contributed by atoms with Crippen LogP contribution in [0.25, 0.3) is 0 Å². The third kappa shape index (κ3) is 4.14. The summed E-state index contributed by atoms with van der Waals surface area (Å²) in [6.07, 6.45) is 3.75.